The molecule has 1 amide bonds. The molecular formula is C17H23N3OS. The van der Waals surface area contributed by atoms with Crippen molar-refractivity contribution in [3.63, 3.8) is 0 Å². The Kier molecular flexibility index (Phi) is 5.69. The van der Waals surface area contributed by atoms with Crippen LogP contribution in [0.15, 0.2) is 18.2 Å². The van der Waals surface area contributed by atoms with E-state index in [4.69, 9.17) is 5.73 Å². The van der Waals surface area contributed by atoms with E-state index in [1.165, 1.54) is 16.0 Å². The Morgan fingerprint density at radius 2 is 2.09 bits per heavy atom. The number of nitrogens with one attached hydrogen (secondary N) is 1. The van der Waals surface area contributed by atoms with E-state index in [0.717, 1.165) is 17.7 Å². The summed E-state index contributed by atoms with van der Waals surface area (Å²) in [5.41, 5.74) is 10.0. The summed E-state index contributed by atoms with van der Waals surface area (Å²) in [4.78, 5) is 17.6. The Labute approximate surface area is 135 Å². The van der Waals surface area contributed by atoms with Crippen LogP contribution in [0, 0.1) is 13.8 Å². The topological polar surface area (TPSA) is 68.0 Å². The van der Waals surface area contributed by atoms with Gasteiger partial charge in [0.2, 0.25) is 5.91 Å². The molecule has 1 heterocycles. The molecule has 1 aromatic carbocycles. The van der Waals surface area contributed by atoms with Crippen molar-refractivity contribution in [3.8, 4) is 11.3 Å². The number of rotatable bonds is 6. The van der Waals surface area contributed by atoms with Crippen molar-refractivity contribution < 1.29 is 4.79 Å². The van der Waals surface area contributed by atoms with Crippen LogP contribution in [0.25, 0.3) is 11.3 Å². The molecule has 0 saturated carbocycles. The van der Waals surface area contributed by atoms with Crippen LogP contribution < -0.4 is 11.1 Å². The second-order valence-electron chi connectivity index (χ2n) is 5.38. The molecule has 0 aliphatic carbocycles. The van der Waals surface area contributed by atoms with Gasteiger partial charge in [-0.15, -0.1) is 11.3 Å². The molecular weight excluding hydrogens is 294 g/mol. The van der Waals surface area contributed by atoms with E-state index in [2.05, 4.69) is 49.3 Å². The molecule has 4 nitrogen and oxygen atoms in total. The molecule has 0 bridgehead atoms. The molecule has 2 rings (SSSR count). The second kappa shape index (κ2) is 7.51. The van der Waals surface area contributed by atoms with Crippen LogP contribution in [-0.2, 0) is 11.2 Å². The van der Waals surface area contributed by atoms with Gasteiger partial charge in [-0.1, -0.05) is 19.1 Å². The number of anilines is 1. The normalized spacial score (nSPS) is 10.7. The molecule has 0 aliphatic rings. The van der Waals surface area contributed by atoms with Gasteiger partial charge in [-0.05, 0) is 50.4 Å². The quantitative estimate of drug-likeness (QED) is 0.854. The SMILES string of the molecule is CCc1sc(NC(=O)CCCN)nc1-c1ccc(C)c(C)c1. The summed E-state index contributed by atoms with van der Waals surface area (Å²) in [6.07, 6.45) is 2.04. The number of hydrogen-bond donors (Lipinski definition) is 2. The molecule has 1 aromatic heterocycles. The number of thiazole rings is 1. The Balaban J connectivity index is 2.24. The summed E-state index contributed by atoms with van der Waals surface area (Å²) in [6, 6.07) is 6.36. The summed E-state index contributed by atoms with van der Waals surface area (Å²) in [6.45, 7) is 6.84. The zero-order chi connectivity index (χ0) is 16.1. The van der Waals surface area contributed by atoms with Gasteiger partial charge in [0.05, 0.1) is 5.69 Å². The summed E-state index contributed by atoms with van der Waals surface area (Å²) < 4.78 is 0. The Bertz CT molecular complexity index is 664. The van der Waals surface area contributed by atoms with E-state index in [1.807, 2.05) is 0 Å². The van der Waals surface area contributed by atoms with Gasteiger partial charge in [0, 0.05) is 16.9 Å². The van der Waals surface area contributed by atoms with Gasteiger partial charge >= 0.3 is 0 Å². The molecule has 0 saturated heterocycles. The third kappa shape index (κ3) is 3.93. The van der Waals surface area contributed by atoms with E-state index in [0.29, 0.717) is 24.5 Å². The average molecular weight is 317 g/mol. The minimum Gasteiger partial charge on any atom is -0.330 e. The summed E-state index contributed by atoms with van der Waals surface area (Å²) in [5, 5.41) is 3.55. The number of carbonyl (C=O) groups is 1. The number of nitrogens with zero attached hydrogens (tertiary/aromatic N) is 1. The van der Waals surface area contributed by atoms with Crippen molar-refractivity contribution in [2.75, 3.05) is 11.9 Å². The van der Waals surface area contributed by atoms with Crippen LogP contribution in [0.4, 0.5) is 5.13 Å². The Morgan fingerprint density at radius 1 is 1.32 bits per heavy atom. The highest BCUT2D eigenvalue weighted by atomic mass is 32.1. The first kappa shape index (κ1) is 16.6. The van der Waals surface area contributed by atoms with Gasteiger partial charge in [-0.2, -0.15) is 0 Å². The minimum atomic E-state index is -0.0199. The van der Waals surface area contributed by atoms with Crippen LogP contribution in [0.3, 0.4) is 0 Å². The number of benzene rings is 1. The third-order valence-electron chi connectivity index (χ3n) is 3.65. The molecule has 0 unspecified atom stereocenters. The fourth-order valence-electron chi connectivity index (χ4n) is 2.20. The van der Waals surface area contributed by atoms with Crippen LogP contribution in [0.5, 0.6) is 0 Å². The maximum Gasteiger partial charge on any atom is 0.226 e. The highest BCUT2D eigenvalue weighted by Gasteiger charge is 2.14. The molecule has 0 radical (unpaired) electrons. The van der Waals surface area contributed by atoms with Gasteiger partial charge in [0.15, 0.2) is 5.13 Å². The van der Waals surface area contributed by atoms with Crippen LogP contribution >= 0.6 is 11.3 Å². The van der Waals surface area contributed by atoms with E-state index in [-0.39, 0.29) is 5.91 Å². The van der Waals surface area contributed by atoms with Crippen molar-refractivity contribution in [3.05, 3.63) is 34.2 Å². The number of aromatic nitrogens is 1. The smallest absolute Gasteiger partial charge is 0.226 e. The molecule has 22 heavy (non-hydrogen) atoms. The lowest BCUT2D eigenvalue weighted by molar-refractivity contribution is -0.116. The van der Waals surface area contributed by atoms with E-state index >= 15 is 0 Å². The van der Waals surface area contributed by atoms with E-state index < -0.39 is 0 Å². The van der Waals surface area contributed by atoms with Gasteiger partial charge < -0.3 is 11.1 Å². The van der Waals surface area contributed by atoms with Gasteiger partial charge in [-0.25, -0.2) is 4.98 Å². The molecule has 0 spiro atoms. The summed E-state index contributed by atoms with van der Waals surface area (Å²) in [7, 11) is 0. The lowest BCUT2D eigenvalue weighted by Gasteiger charge is -2.04. The first-order valence-corrected chi connectivity index (χ1v) is 8.44. The minimum absolute atomic E-state index is 0.0199. The maximum absolute atomic E-state index is 11.8. The number of amides is 1. The van der Waals surface area contributed by atoms with E-state index in [9.17, 15) is 4.79 Å². The van der Waals surface area contributed by atoms with Crippen LogP contribution in [-0.4, -0.2) is 17.4 Å². The van der Waals surface area contributed by atoms with Gasteiger partial charge in [0.25, 0.3) is 0 Å². The molecule has 5 heteroatoms. The van der Waals surface area contributed by atoms with Crippen molar-refractivity contribution in [2.45, 2.75) is 40.0 Å². The molecule has 118 valence electrons. The first-order valence-electron chi connectivity index (χ1n) is 7.62. The number of aryl methyl sites for hydroxylation is 3. The average Bonchev–Trinajstić information content (AvgIpc) is 2.90. The van der Waals surface area contributed by atoms with Crippen molar-refractivity contribution in [1.29, 1.82) is 0 Å². The highest BCUT2D eigenvalue weighted by Crippen LogP contribution is 2.32. The fourth-order valence-corrected chi connectivity index (χ4v) is 3.14. The lowest BCUT2D eigenvalue weighted by atomic mass is 10.0. The van der Waals surface area contributed by atoms with E-state index in [1.54, 1.807) is 11.3 Å². The van der Waals surface area contributed by atoms with Crippen molar-refractivity contribution >= 4 is 22.4 Å². The first-order chi connectivity index (χ1) is 10.5. The van der Waals surface area contributed by atoms with Gasteiger partial charge in [0.1, 0.15) is 0 Å². The molecule has 0 fully saturated rings. The zero-order valence-corrected chi connectivity index (χ0v) is 14.2. The lowest BCUT2D eigenvalue weighted by Crippen LogP contribution is -2.13. The predicted octanol–water partition coefficient (Wildman–Crippen LogP) is 3.67. The monoisotopic (exact) mass is 317 g/mol. The largest absolute Gasteiger partial charge is 0.330 e. The number of carbonyl (C=O) groups excluding carboxylic acids is 1. The summed E-state index contributed by atoms with van der Waals surface area (Å²) >= 11 is 1.55. The predicted molar refractivity (Wildman–Crippen MR) is 93.3 cm³/mol. The third-order valence-corrected chi connectivity index (χ3v) is 4.77. The van der Waals surface area contributed by atoms with Crippen molar-refractivity contribution in [2.24, 2.45) is 5.73 Å². The standard InChI is InChI=1S/C17H23N3OS/c1-4-14-16(13-8-7-11(2)12(3)10-13)20-17(22-14)19-15(21)6-5-9-18/h7-8,10H,4-6,9,18H2,1-3H3,(H,19,20,21). The van der Waals surface area contributed by atoms with Crippen LogP contribution in [0.2, 0.25) is 0 Å². The summed E-state index contributed by atoms with van der Waals surface area (Å²) in [5.74, 6) is -0.0199. The number of nitrogens with two attached hydrogens (primary N) is 1. The highest BCUT2D eigenvalue weighted by molar-refractivity contribution is 7.16. The maximum atomic E-state index is 11.8. The zero-order valence-electron chi connectivity index (χ0n) is 13.4. The van der Waals surface area contributed by atoms with Gasteiger partial charge in [-0.3, -0.25) is 4.79 Å². The van der Waals surface area contributed by atoms with Crippen LogP contribution in [0.1, 0.15) is 35.8 Å². The Hall–Kier alpha value is -1.72. The van der Waals surface area contributed by atoms with Crippen molar-refractivity contribution in [1.82, 2.24) is 4.98 Å². The molecule has 0 aliphatic heterocycles. The molecule has 2 aromatic rings. The molecule has 3 N–H and O–H groups in total. The Morgan fingerprint density at radius 3 is 2.73 bits per heavy atom. The number of hydrogen-bond acceptors (Lipinski definition) is 4. The fraction of sp³-hybridized carbons (Fsp3) is 0.412. The second-order valence-corrected chi connectivity index (χ2v) is 6.47. The molecule has 0 atom stereocenters.